The third-order valence-electron chi connectivity index (χ3n) is 3.09. The number of carbonyl (C=O) groups is 2. The van der Waals surface area contributed by atoms with E-state index in [1.807, 2.05) is 0 Å². The van der Waals surface area contributed by atoms with Crippen molar-refractivity contribution in [3.8, 4) is 0 Å². The second-order valence-electron chi connectivity index (χ2n) is 4.70. The molecule has 0 atom stereocenters. The van der Waals surface area contributed by atoms with Crippen molar-refractivity contribution in [2.45, 2.75) is 0 Å². The zero-order valence-electron chi connectivity index (χ0n) is 11.5. The van der Waals surface area contributed by atoms with Crippen molar-refractivity contribution in [3.63, 3.8) is 0 Å². The minimum Gasteiger partial charge on any atom is -0.351 e. The van der Waals surface area contributed by atoms with Gasteiger partial charge in [-0.2, -0.15) is 0 Å². The Morgan fingerprint density at radius 3 is 1.38 bits per heavy atom. The van der Waals surface area contributed by atoms with Gasteiger partial charge >= 0.3 is 11.3 Å². The molecule has 0 saturated carbocycles. The Kier molecular flexibility index (Phi) is 5.23. The maximum Gasteiger partial charge on any atom is 0.304 e. The van der Waals surface area contributed by atoms with Gasteiger partial charge in [-0.25, -0.2) is 0 Å². The van der Waals surface area contributed by atoms with Crippen molar-refractivity contribution < 1.29 is 27.7 Å². The molecule has 2 fully saturated rings. The Labute approximate surface area is 132 Å². The molecule has 2 saturated heterocycles. The van der Waals surface area contributed by atoms with Crippen LogP contribution in [0.15, 0.2) is 0 Å². The largest absolute Gasteiger partial charge is 0.351 e. The molecule has 2 aliphatic rings. The quantitative estimate of drug-likeness (QED) is 0.700. The molecule has 8 nitrogen and oxygen atoms in total. The second kappa shape index (κ2) is 6.29. The van der Waals surface area contributed by atoms with Gasteiger partial charge in [0.25, 0.3) is 13.0 Å². The fraction of sp³-hybridized carbons (Fsp3) is 0.778. The number of hydrogen-bond acceptors (Lipinski definition) is 8. The van der Waals surface area contributed by atoms with Gasteiger partial charge in [0, 0.05) is 14.1 Å². The lowest BCUT2D eigenvalue weighted by Gasteiger charge is -2.43. The zero-order chi connectivity index (χ0) is 15.7. The summed E-state index contributed by atoms with van der Waals surface area (Å²) in [6.45, 7) is -5.29. The molecule has 0 aromatic heterocycles. The van der Waals surface area contributed by atoms with E-state index in [9.17, 15) is 9.59 Å². The van der Waals surface area contributed by atoms with Gasteiger partial charge < -0.3 is 28.7 Å². The van der Waals surface area contributed by atoms with Crippen LogP contribution in [0, 0.1) is 5.41 Å². The maximum absolute atomic E-state index is 11.6. The molecule has 0 unspecified atom stereocenters. The number of hydrogen-bond donors (Lipinski definition) is 2. The van der Waals surface area contributed by atoms with Crippen LogP contribution >= 0.6 is 13.0 Å². The summed E-state index contributed by atoms with van der Waals surface area (Å²) in [6.07, 6.45) is 0. The molecule has 0 bridgehead atoms. The van der Waals surface area contributed by atoms with Gasteiger partial charge in [-0.15, -0.1) is 0 Å². The molecule has 2 amide bonds. The van der Waals surface area contributed by atoms with E-state index < -0.39 is 29.7 Å². The van der Waals surface area contributed by atoms with Gasteiger partial charge in [0.2, 0.25) is 0 Å². The molecule has 21 heavy (non-hydrogen) atoms. The van der Waals surface area contributed by atoms with Crippen LogP contribution in [-0.4, -0.2) is 51.8 Å². The molecule has 2 rings (SSSR count). The summed E-state index contributed by atoms with van der Waals surface area (Å²) in [6, 6.07) is 0. The molecule has 12 heteroatoms. The number of carbonyl (C=O) groups excluding carboxylic acids is 2. The zero-order valence-corrected chi connectivity index (χ0v) is 14.9. The third-order valence-corrected chi connectivity index (χ3v) is 8.67. The smallest absolute Gasteiger partial charge is 0.304 e. The Hall–Kier alpha value is 0.0800. The predicted octanol–water partition coefficient (Wildman–Crippen LogP) is 1.36. The van der Waals surface area contributed by atoms with E-state index in [4.69, 9.17) is 41.7 Å². The molecule has 2 heterocycles. The monoisotopic (exact) mass is 374 g/mol. The predicted molar refractivity (Wildman–Crippen MR) is 83.7 cm³/mol. The lowest BCUT2D eigenvalue weighted by Crippen LogP contribution is -2.47. The molecular formula is C9H16N2O6P2S2. The van der Waals surface area contributed by atoms with Gasteiger partial charge in [0.15, 0.2) is 0 Å². The van der Waals surface area contributed by atoms with Crippen molar-refractivity contribution in [1.82, 2.24) is 10.6 Å². The highest BCUT2D eigenvalue weighted by Crippen LogP contribution is 2.59. The van der Waals surface area contributed by atoms with Crippen molar-refractivity contribution in [3.05, 3.63) is 0 Å². The van der Waals surface area contributed by atoms with Crippen LogP contribution in [0.5, 0.6) is 0 Å². The number of nitrogens with one attached hydrogen (secondary N) is 2. The molecule has 0 aromatic rings. The lowest BCUT2D eigenvalue weighted by atomic mass is 9.93. The highest BCUT2D eigenvalue weighted by atomic mass is 32.5. The minimum atomic E-state index is -2.98. The van der Waals surface area contributed by atoms with Crippen LogP contribution in [0.3, 0.4) is 0 Å². The average Bonchev–Trinajstić information content (AvgIpc) is 2.51. The number of amides is 2. The van der Waals surface area contributed by atoms with E-state index in [1.165, 1.54) is 14.1 Å². The summed E-state index contributed by atoms with van der Waals surface area (Å²) in [5.74, 6) is 0. The Morgan fingerprint density at radius 2 is 1.14 bits per heavy atom. The normalized spacial score (nSPS) is 39.7. The van der Waals surface area contributed by atoms with E-state index in [0.717, 1.165) is 0 Å². The van der Waals surface area contributed by atoms with Crippen LogP contribution in [0.2, 0.25) is 0 Å². The molecule has 120 valence electrons. The highest BCUT2D eigenvalue weighted by molar-refractivity contribution is 8.18. The van der Waals surface area contributed by atoms with Crippen molar-refractivity contribution in [2.24, 2.45) is 5.41 Å². The Balaban J connectivity index is 2.01. The minimum absolute atomic E-state index is 0.167. The maximum atomic E-state index is 11.6. The third kappa shape index (κ3) is 3.38. The molecule has 0 aromatic carbocycles. The van der Waals surface area contributed by atoms with Crippen LogP contribution in [0.25, 0.3) is 0 Å². The van der Waals surface area contributed by atoms with Crippen LogP contribution in [0.1, 0.15) is 0 Å². The van der Waals surface area contributed by atoms with Crippen LogP contribution in [0.4, 0.5) is 9.59 Å². The molecule has 0 radical (unpaired) electrons. The number of rotatable bonds is 2. The van der Waals surface area contributed by atoms with Gasteiger partial charge in [-0.3, -0.25) is 9.59 Å². The first kappa shape index (κ1) is 17.4. The fourth-order valence-electron chi connectivity index (χ4n) is 1.72. The Morgan fingerprint density at radius 1 is 0.857 bits per heavy atom. The van der Waals surface area contributed by atoms with Crippen LogP contribution in [-0.2, 0) is 41.7 Å². The molecular weight excluding hydrogens is 358 g/mol. The lowest BCUT2D eigenvalue weighted by molar-refractivity contribution is -0.0517. The summed E-state index contributed by atoms with van der Waals surface area (Å²) in [4.78, 5) is 23.3. The van der Waals surface area contributed by atoms with Gasteiger partial charge in [-0.1, -0.05) is 0 Å². The SMILES string of the molecule is CNC(=O)P1(=S)OCC2(CO1)COP(=S)(C(=O)NC)OC2. The standard InChI is InChI=1S/C9H16N2O6P2S2/c1-10-7(12)18(20)14-3-9(4-15-18)5-16-19(21,17-6-9)8(13)11-2/h3-6H2,1-2H3,(H,10,12)(H,11,13). The first-order chi connectivity index (χ1) is 9.79. The fourth-order valence-corrected chi connectivity index (χ4v) is 5.84. The van der Waals surface area contributed by atoms with Crippen molar-refractivity contribution in [1.29, 1.82) is 0 Å². The van der Waals surface area contributed by atoms with Crippen molar-refractivity contribution in [2.75, 3.05) is 40.5 Å². The summed E-state index contributed by atoms with van der Waals surface area (Å²) < 4.78 is 21.9. The molecule has 1 spiro atoms. The summed E-state index contributed by atoms with van der Waals surface area (Å²) in [5, 5.41) is 4.86. The van der Waals surface area contributed by atoms with Crippen LogP contribution < -0.4 is 10.6 Å². The van der Waals surface area contributed by atoms with E-state index in [0.29, 0.717) is 0 Å². The topological polar surface area (TPSA) is 95.1 Å². The van der Waals surface area contributed by atoms with Gasteiger partial charge in [-0.05, 0) is 23.6 Å². The van der Waals surface area contributed by atoms with E-state index in [-0.39, 0.29) is 26.4 Å². The first-order valence-electron chi connectivity index (χ1n) is 6.02. The van der Waals surface area contributed by atoms with Gasteiger partial charge in [0.05, 0.1) is 31.8 Å². The highest BCUT2D eigenvalue weighted by Gasteiger charge is 2.49. The summed E-state index contributed by atoms with van der Waals surface area (Å²) in [7, 11) is 2.94. The van der Waals surface area contributed by atoms with Gasteiger partial charge in [0.1, 0.15) is 0 Å². The van der Waals surface area contributed by atoms with Crippen molar-refractivity contribution >= 4 is 47.9 Å². The first-order valence-corrected chi connectivity index (χ1v) is 11.3. The molecule has 0 aliphatic carbocycles. The van der Waals surface area contributed by atoms with E-state index >= 15 is 0 Å². The molecule has 2 N–H and O–H groups in total. The molecule has 2 aliphatic heterocycles. The average molecular weight is 374 g/mol. The Bertz CT molecular complexity index is 481. The summed E-state index contributed by atoms with van der Waals surface area (Å²) in [5.41, 5.74) is -1.45. The summed E-state index contributed by atoms with van der Waals surface area (Å²) >= 11 is 10.3. The van der Waals surface area contributed by atoms with E-state index in [2.05, 4.69) is 10.6 Å². The van der Waals surface area contributed by atoms with E-state index in [1.54, 1.807) is 0 Å². The second-order valence-corrected chi connectivity index (χ2v) is 11.4.